The van der Waals surface area contributed by atoms with Crippen LogP contribution in [-0.4, -0.2) is 59.1 Å². The zero-order valence-electron chi connectivity index (χ0n) is 16.7. The molecule has 7 nitrogen and oxygen atoms in total. The minimum atomic E-state index is 0. The summed E-state index contributed by atoms with van der Waals surface area (Å²) in [7, 11) is 7.42. The molecule has 0 aliphatic carbocycles. The Kier molecular flexibility index (Phi) is 10.5. The van der Waals surface area contributed by atoms with Crippen molar-refractivity contribution < 1.29 is 4.79 Å². The van der Waals surface area contributed by atoms with Crippen LogP contribution < -0.4 is 5.32 Å². The van der Waals surface area contributed by atoms with Gasteiger partial charge in [0.15, 0.2) is 5.96 Å². The van der Waals surface area contributed by atoms with E-state index < -0.39 is 0 Å². The molecule has 28 heavy (non-hydrogen) atoms. The summed E-state index contributed by atoms with van der Waals surface area (Å²) in [6.07, 6.45) is 4.22. The number of hydrogen-bond donors (Lipinski definition) is 1. The summed E-state index contributed by atoms with van der Waals surface area (Å²) in [6.45, 7) is 1.81. The van der Waals surface area contributed by atoms with Gasteiger partial charge in [-0.2, -0.15) is 5.10 Å². The van der Waals surface area contributed by atoms with Crippen molar-refractivity contribution in [1.29, 1.82) is 0 Å². The summed E-state index contributed by atoms with van der Waals surface area (Å²) in [5.74, 6) is 0.837. The molecule has 1 aromatic heterocycles. The maximum absolute atomic E-state index is 12.4. The summed E-state index contributed by atoms with van der Waals surface area (Å²) in [5.41, 5.74) is 2.19. The molecule has 0 bridgehead atoms. The molecule has 2 aromatic rings. The maximum Gasteiger partial charge on any atom is 0.224 e. The van der Waals surface area contributed by atoms with Crippen LogP contribution in [0.2, 0.25) is 0 Å². The first-order valence-corrected chi connectivity index (χ1v) is 9.56. The first-order valence-electron chi connectivity index (χ1n) is 8.77. The predicted octanol–water partition coefficient (Wildman–Crippen LogP) is 2.86. The van der Waals surface area contributed by atoms with Gasteiger partial charge in [-0.1, -0.05) is 34.1 Å². The van der Waals surface area contributed by atoms with Crippen LogP contribution >= 0.6 is 39.9 Å². The molecular weight excluding hydrogens is 535 g/mol. The van der Waals surface area contributed by atoms with Crippen molar-refractivity contribution >= 4 is 51.8 Å². The fourth-order valence-corrected chi connectivity index (χ4v) is 3.14. The number of guanidine groups is 1. The lowest BCUT2D eigenvalue weighted by Gasteiger charge is -2.22. The highest BCUT2D eigenvalue weighted by Gasteiger charge is 2.12. The quantitative estimate of drug-likeness (QED) is 0.320. The van der Waals surface area contributed by atoms with Crippen molar-refractivity contribution in [2.75, 3.05) is 27.7 Å². The summed E-state index contributed by atoms with van der Waals surface area (Å²) in [4.78, 5) is 20.4. The summed E-state index contributed by atoms with van der Waals surface area (Å²) in [5, 5.41) is 7.43. The number of aliphatic imine (C=N–C) groups is 1. The van der Waals surface area contributed by atoms with Crippen molar-refractivity contribution in [1.82, 2.24) is 24.9 Å². The maximum atomic E-state index is 12.4. The van der Waals surface area contributed by atoms with Gasteiger partial charge < -0.3 is 15.1 Å². The van der Waals surface area contributed by atoms with E-state index in [0.717, 1.165) is 21.6 Å². The van der Waals surface area contributed by atoms with Crippen LogP contribution in [0.1, 0.15) is 17.5 Å². The van der Waals surface area contributed by atoms with Crippen LogP contribution in [-0.2, 0) is 24.9 Å². The van der Waals surface area contributed by atoms with Crippen molar-refractivity contribution in [3.05, 3.63) is 52.3 Å². The van der Waals surface area contributed by atoms with Gasteiger partial charge in [0, 0.05) is 70.5 Å². The van der Waals surface area contributed by atoms with Gasteiger partial charge in [0.1, 0.15) is 0 Å². The Hall–Kier alpha value is -1.62. The van der Waals surface area contributed by atoms with E-state index in [1.165, 1.54) is 0 Å². The van der Waals surface area contributed by atoms with E-state index in [4.69, 9.17) is 0 Å². The number of halogens is 2. The van der Waals surface area contributed by atoms with E-state index in [-0.39, 0.29) is 29.9 Å². The van der Waals surface area contributed by atoms with Gasteiger partial charge in [-0.25, -0.2) is 0 Å². The molecule has 0 unspecified atom stereocenters. The van der Waals surface area contributed by atoms with Gasteiger partial charge in [-0.15, -0.1) is 24.0 Å². The van der Waals surface area contributed by atoms with E-state index in [1.54, 1.807) is 16.6 Å². The molecule has 0 atom stereocenters. The Bertz CT molecular complexity index is 794. The highest BCUT2D eigenvalue weighted by molar-refractivity contribution is 14.0. The molecule has 0 saturated carbocycles. The predicted molar refractivity (Wildman–Crippen MR) is 127 cm³/mol. The number of carbonyl (C=O) groups excluding carboxylic acids is 1. The molecule has 154 valence electrons. The fraction of sp³-hybridized carbons (Fsp3) is 0.421. The van der Waals surface area contributed by atoms with Crippen LogP contribution in [0, 0.1) is 0 Å². The fourth-order valence-electron chi connectivity index (χ4n) is 2.73. The van der Waals surface area contributed by atoms with E-state index in [1.807, 2.05) is 62.7 Å². The lowest BCUT2D eigenvalue weighted by Crippen LogP contribution is -2.40. The number of amides is 1. The van der Waals surface area contributed by atoms with E-state index >= 15 is 0 Å². The molecule has 1 aromatic carbocycles. The molecule has 1 N–H and O–H groups in total. The summed E-state index contributed by atoms with van der Waals surface area (Å²) < 4.78 is 2.79. The normalized spacial score (nSPS) is 11.0. The van der Waals surface area contributed by atoms with E-state index in [0.29, 0.717) is 26.1 Å². The van der Waals surface area contributed by atoms with Gasteiger partial charge >= 0.3 is 0 Å². The molecule has 0 spiro atoms. The Morgan fingerprint density at radius 3 is 2.57 bits per heavy atom. The molecule has 0 radical (unpaired) electrons. The monoisotopic (exact) mass is 562 g/mol. The first-order chi connectivity index (χ1) is 12.9. The van der Waals surface area contributed by atoms with E-state index in [9.17, 15) is 4.79 Å². The third-order valence-electron chi connectivity index (χ3n) is 4.16. The molecule has 9 heteroatoms. The van der Waals surface area contributed by atoms with Gasteiger partial charge in [0.05, 0.1) is 6.20 Å². The topological polar surface area (TPSA) is 65.8 Å². The number of benzene rings is 1. The van der Waals surface area contributed by atoms with Crippen molar-refractivity contribution in [2.24, 2.45) is 12.0 Å². The highest BCUT2D eigenvalue weighted by atomic mass is 127. The van der Waals surface area contributed by atoms with Gasteiger partial charge in [-0.3, -0.25) is 14.5 Å². The zero-order chi connectivity index (χ0) is 19.8. The number of rotatable bonds is 7. The lowest BCUT2D eigenvalue weighted by molar-refractivity contribution is -0.130. The molecule has 2 rings (SSSR count). The number of carbonyl (C=O) groups is 1. The minimum Gasteiger partial charge on any atom is -0.356 e. The summed E-state index contributed by atoms with van der Waals surface area (Å²) in [6, 6.07) is 7.94. The molecule has 0 fully saturated rings. The Balaban J connectivity index is 0.00000392. The van der Waals surface area contributed by atoms with Crippen LogP contribution in [0.25, 0.3) is 0 Å². The number of nitrogens with one attached hydrogen (secondary N) is 1. The largest absolute Gasteiger partial charge is 0.356 e. The summed E-state index contributed by atoms with van der Waals surface area (Å²) >= 11 is 3.52. The molecule has 0 aliphatic heterocycles. The number of aryl methyl sites for hydroxylation is 1. The average molecular weight is 563 g/mol. The van der Waals surface area contributed by atoms with Crippen LogP contribution in [0.3, 0.4) is 0 Å². The standard InChI is InChI=1S/C19H27BrN6O.HI/c1-21-19(25(3)12-15-11-23-26(4)13-15)22-10-9-18(27)24(2)14-16-7-5-6-8-17(16)20;/h5-8,11,13H,9-10,12,14H2,1-4H3,(H,21,22);1H. The van der Waals surface area contributed by atoms with Gasteiger partial charge in [0.2, 0.25) is 5.91 Å². The Morgan fingerprint density at radius 1 is 1.25 bits per heavy atom. The van der Waals surface area contributed by atoms with Gasteiger partial charge in [-0.05, 0) is 11.6 Å². The van der Waals surface area contributed by atoms with Crippen molar-refractivity contribution in [3.8, 4) is 0 Å². The smallest absolute Gasteiger partial charge is 0.224 e. The Morgan fingerprint density at radius 2 is 1.96 bits per heavy atom. The zero-order valence-corrected chi connectivity index (χ0v) is 20.6. The second-order valence-corrected chi connectivity index (χ2v) is 7.30. The third-order valence-corrected chi connectivity index (χ3v) is 4.94. The number of hydrogen-bond acceptors (Lipinski definition) is 3. The minimum absolute atomic E-state index is 0. The van der Waals surface area contributed by atoms with Crippen LogP contribution in [0.15, 0.2) is 46.1 Å². The molecule has 1 heterocycles. The van der Waals surface area contributed by atoms with Crippen molar-refractivity contribution in [3.63, 3.8) is 0 Å². The van der Waals surface area contributed by atoms with Gasteiger partial charge in [0.25, 0.3) is 0 Å². The molecular formula is C19H28BrIN6O. The lowest BCUT2D eigenvalue weighted by atomic mass is 10.2. The van der Waals surface area contributed by atoms with Crippen LogP contribution in [0.4, 0.5) is 0 Å². The second kappa shape index (κ2) is 12.1. The third kappa shape index (κ3) is 7.42. The number of nitrogens with zero attached hydrogens (tertiary/aromatic N) is 5. The Labute approximate surface area is 192 Å². The van der Waals surface area contributed by atoms with E-state index in [2.05, 4.69) is 31.3 Å². The first kappa shape index (κ1) is 24.4. The average Bonchev–Trinajstić information content (AvgIpc) is 3.05. The van der Waals surface area contributed by atoms with Crippen molar-refractivity contribution in [2.45, 2.75) is 19.5 Å². The highest BCUT2D eigenvalue weighted by Crippen LogP contribution is 2.17. The SMILES string of the molecule is CN=C(NCCC(=O)N(C)Cc1ccccc1Br)N(C)Cc1cnn(C)c1.I. The van der Waals surface area contributed by atoms with Crippen LogP contribution in [0.5, 0.6) is 0 Å². The molecule has 0 saturated heterocycles. The number of aromatic nitrogens is 2. The second-order valence-electron chi connectivity index (χ2n) is 6.44. The molecule has 0 aliphatic rings. The molecule has 1 amide bonds.